The van der Waals surface area contributed by atoms with Crippen molar-refractivity contribution in [3.05, 3.63) is 12.3 Å². The predicted octanol–water partition coefficient (Wildman–Crippen LogP) is 0.705. The van der Waals surface area contributed by atoms with Crippen molar-refractivity contribution in [2.24, 2.45) is 17.3 Å². The molecule has 6 nitrogen and oxygen atoms in total. The number of hydrogen-bond donors (Lipinski definition) is 3. The second-order valence-electron chi connectivity index (χ2n) is 4.57. The maximum Gasteiger partial charge on any atom is 0.307 e. The number of carbonyl (C=O) groups excluding carboxylic acids is 1. The Morgan fingerprint density at radius 3 is 2.62 bits per heavy atom. The number of carboxylic acid groups (broad SMARTS) is 1. The van der Waals surface area contributed by atoms with Gasteiger partial charge >= 0.3 is 5.97 Å². The molecular formula is C10H13N3O3. The summed E-state index contributed by atoms with van der Waals surface area (Å²) >= 11 is 0. The van der Waals surface area contributed by atoms with Crippen LogP contribution in [0.4, 0.5) is 5.82 Å². The molecule has 0 spiro atoms. The Morgan fingerprint density at radius 2 is 2.19 bits per heavy atom. The topological polar surface area (TPSA) is 95.1 Å². The van der Waals surface area contributed by atoms with Gasteiger partial charge in [-0.3, -0.25) is 14.7 Å². The number of aliphatic carboxylic acids is 1. The highest BCUT2D eigenvalue weighted by atomic mass is 16.4. The number of aromatic amines is 1. The van der Waals surface area contributed by atoms with E-state index >= 15 is 0 Å². The molecule has 1 aromatic rings. The monoisotopic (exact) mass is 223 g/mol. The Kier molecular flexibility index (Phi) is 2.22. The van der Waals surface area contributed by atoms with Crippen LogP contribution in [-0.2, 0) is 9.59 Å². The lowest BCUT2D eigenvalue weighted by molar-refractivity contribution is -0.140. The molecular weight excluding hydrogens is 210 g/mol. The molecule has 6 heteroatoms. The Morgan fingerprint density at radius 1 is 1.50 bits per heavy atom. The van der Waals surface area contributed by atoms with Crippen LogP contribution >= 0.6 is 0 Å². The van der Waals surface area contributed by atoms with Crippen LogP contribution in [0.25, 0.3) is 0 Å². The summed E-state index contributed by atoms with van der Waals surface area (Å²) in [4.78, 5) is 22.7. The summed E-state index contributed by atoms with van der Waals surface area (Å²) in [6.07, 6.45) is 1.52. The molecule has 16 heavy (non-hydrogen) atoms. The summed E-state index contributed by atoms with van der Waals surface area (Å²) in [6, 6.07) is 1.61. The maximum atomic E-state index is 11.8. The summed E-state index contributed by atoms with van der Waals surface area (Å²) in [6.45, 7) is 3.56. The molecule has 0 aliphatic heterocycles. The molecule has 1 saturated carbocycles. The van der Waals surface area contributed by atoms with Gasteiger partial charge in [0.2, 0.25) is 5.91 Å². The highest BCUT2D eigenvalue weighted by molar-refractivity contribution is 5.99. The molecule has 1 aromatic heterocycles. The molecule has 1 heterocycles. The zero-order chi connectivity index (χ0) is 11.9. The standard InChI is InChI=1S/C10H13N3O3/c1-10(2)6(7(10)9(15)16)8(14)12-5-3-4-11-13-5/h3-4,6-7H,1-2H3,(H,15,16)(H2,11,12,13,14)/t6-,7-/m1/s1. The van der Waals surface area contributed by atoms with Crippen LogP contribution < -0.4 is 5.32 Å². The largest absolute Gasteiger partial charge is 0.481 e. The highest BCUT2D eigenvalue weighted by Crippen LogP contribution is 2.58. The lowest BCUT2D eigenvalue weighted by atomic mass is 10.1. The summed E-state index contributed by atoms with van der Waals surface area (Å²) in [7, 11) is 0. The van der Waals surface area contributed by atoms with Gasteiger partial charge in [-0.15, -0.1) is 0 Å². The number of hydrogen-bond acceptors (Lipinski definition) is 3. The average Bonchev–Trinajstić information content (AvgIpc) is 2.58. The number of rotatable bonds is 3. The minimum Gasteiger partial charge on any atom is -0.481 e. The molecule has 0 radical (unpaired) electrons. The minimum atomic E-state index is -0.922. The van der Waals surface area contributed by atoms with Crippen molar-refractivity contribution in [2.45, 2.75) is 13.8 Å². The third kappa shape index (κ3) is 1.56. The Bertz CT molecular complexity index is 425. The lowest BCUT2D eigenvalue weighted by Gasteiger charge is -2.02. The second-order valence-corrected chi connectivity index (χ2v) is 4.57. The number of carboxylic acids is 1. The zero-order valence-corrected chi connectivity index (χ0v) is 9.02. The molecule has 1 fully saturated rings. The van der Waals surface area contributed by atoms with E-state index in [0.717, 1.165) is 0 Å². The van der Waals surface area contributed by atoms with E-state index in [2.05, 4.69) is 15.5 Å². The molecule has 1 amide bonds. The first kappa shape index (κ1) is 10.7. The summed E-state index contributed by atoms with van der Waals surface area (Å²) in [5.41, 5.74) is -0.476. The Balaban J connectivity index is 2.05. The molecule has 1 aliphatic rings. The van der Waals surface area contributed by atoms with Crippen LogP contribution in [0.15, 0.2) is 12.3 Å². The van der Waals surface area contributed by atoms with Crippen LogP contribution in [0.5, 0.6) is 0 Å². The van der Waals surface area contributed by atoms with E-state index in [1.807, 2.05) is 0 Å². The van der Waals surface area contributed by atoms with E-state index in [0.29, 0.717) is 5.82 Å². The summed E-state index contributed by atoms with van der Waals surface area (Å²) in [5, 5.41) is 17.8. The third-order valence-electron chi connectivity index (χ3n) is 3.13. The van der Waals surface area contributed by atoms with E-state index < -0.39 is 23.2 Å². The maximum absolute atomic E-state index is 11.8. The normalized spacial score (nSPS) is 26.1. The first-order valence-corrected chi connectivity index (χ1v) is 4.97. The molecule has 3 N–H and O–H groups in total. The molecule has 2 rings (SSSR count). The number of nitrogens with one attached hydrogen (secondary N) is 2. The van der Waals surface area contributed by atoms with Crippen molar-refractivity contribution in [3.63, 3.8) is 0 Å². The van der Waals surface area contributed by atoms with E-state index in [1.54, 1.807) is 19.9 Å². The van der Waals surface area contributed by atoms with Crippen molar-refractivity contribution in [2.75, 3.05) is 5.32 Å². The lowest BCUT2D eigenvalue weighted by Crippen LogP contribution is -2.17. The van der Waals surface area contributed by atoms with Crippen molar-refractivity contribution in [1.29, 1.82) is 0 Å². The van der Waals surface area contributed by atoms with Crippen molar-refractivity contribution in [3.8, 4) is 0 Å². The van der Waals surface area contributed by atoms with Gasteiger partial charge in [-0.2, -0.15) is 5.10 Å². The van der Waals surface area contributed by atoms with Gasteiger partial charge in [0.1, 0.15) is 5.82 Å². The van der Waals surface area contributed by atoms with E-state index in [9.17, 15) is 9.59 Å². The molecule has 0 unspecified atom stereocenters. The molecule has 1 aliphatic carbocycles. The van der Waals surface area contributed by atoms with Crippen LogP contribution in [0, 0.1) is 17.3 Å². The SMILES string of the molecule is CC1(C)[C@@H](C(=O)O)[C@@H]1C(=O)Nc1ccn[nH]1. The predicted molar refractivity (Wildman–Crippen MR) is 55.6 cm³/mol. The van der Waals surface area contributed by atoms with Gasteiger partial charge < -0.3 is 10.4 Å². The van der Waals surface area contributed by atoms with E-state index in [1.165, 1.54) is 6.20 Å². The average molecular weight is 223 g/mol. The number of H-pyrrole nitrogens is 1. The van der Waals surface area contributed by atoms with Crippen LogP contribution in [-0.4, -0.2) is 27.2 Å². The molecule has 2 atom stereocenters. The number of amides is 1. The third-order valence-corrected chi connectivity index (χ3v) is 3.13. The van der Waals surface area contributed by atoms with Crippen molar-refractivity contribution >= 4 is 17.7 Å². The van der Waals surface area contributed by atoms with Gasteiger partial charge in [0.15, 0.2) is 0 Å². The Hall–Kier alpha value is -1.85. The number of carbonyl (C=O) groups is 2. The summed E-state index contributed by atoms with van der Waals surface area (Å²) in [5.74, 6) is -1.79. The fraction of sp³-hybridized carbons (Fsp3) is 0.500. The number of nitrogens with zero attached hydrogens (tertiary/aromatic N) is 1. The van der Waals surface area contributed by atoms with E-state index in [4.69, 9.17) is 5.11 Å². The van der Waals surface area contributed by atoms with Gasteiger partial charge in [0.25, 0.3) is 0 Å². The zero-order valence-electron chi connectivity index (χ0n) is 9.02. The van der Waals surface area contributed by atoms with Crippen molar-refractivity contribution < 1.29 is 14.7 Å². The first-order valence-electron chi connectivity index (χ1n) is 4.97. The quantitative estimate of drug-likeness (QED) is 0.703. The Labute approximate surface area is 92.0 Å². The molecule has 86 valence electrons. The van der Waals surface area contributed by atoms with Gasteiger partial charge in [-0.05, 0) is 5.41 Å². The van der Waals surface area contributed by atoms with Gasteiger partial charge in [-0.25, -0.2) is 0 Å². The van der Waals surface area contributed by atoms with Crippen LogP contribution in [0.1, 0.15) is 13.8 Å². The smallest absolute Gasteiger partial charge is 0.307 e. The van der Waals surface area contributed by atoms with E-state index in [-0.39, 0.29) is 5.91 Å². The van der Waals surface area contributed by atoms with Crippen LogP contribution in [0.3, 0.4) is 0 Å². The first-order chi connectivity index (χ1) is 7.44. The second kappa shape index (κ2) is 3.33. The fourth-order valence-corrected chi connectivity index (χ4v) is 2.12. The minimum absolute atomic E-state index is 0.276. The highest BCUT2D eigenvalue weighted by Gasteiger charge is 2.65. The number of anilines is 1. The van der Waals surface area contributed by atoms with Crippen LogP contribution in [0.2, 0.25) is 0 Å². The van der Waals surface area contributed by atoms with Crippen molar-refractivity contribution in [1.82, 2.24) is 10.2 Å². The summed E-state index contributed by atoms with van der Waals surface area (Å²) < 4.78 is 0. The fourth-order valence-electron chi connectivity index (χ4n) is 2.12. The van der Waals surface area contributed by atoms with Gasteiger partial charge in [0.05, 0.1) is 18.0 Å². The number of aromatic nitrogens is 2. The molecule has 0 aromatic carbocycles. The van der Waals surface area contributed by atoms with Gasteiger partial charge in [0, 0.05) is 6.07 Å². The molecule has 0 bridgehead atoms. The van der Waals surface area contributed by atoms with Gasteiger partial charge in [-0.1, -0.05) is 13.8 Å². The molecule has 0 saturated heterocycles.